The summed E-state index contributed by atoms with van der Waals surface area (Å²) in [5, 5.41) is 8.75. The van der Waals surface area contributed by atoms with Crippen molar-refractivity contribution in [3.8, 4) is 11.3 Å². The van der Waals surface area contributed by atoms with Crippen molar-refractivity contribution >= 4 is 5.97 Å². The van der Waals surface area contributed by atoms with Gasteiger partial charge in [-0.1, -0.05) is 12.1 Å². The highest BCUT2D eigenvalue weighted by molar-refractivity contribution is 5.88. The Balaban J connectivity index is 2.40. The van der Waals surface area contributed by atoms with Gasteiger partial charge in [0.1, 0.15) is 0 Å². The van der Waals surface area contributed by atoms with Gasteiger partial charge in [-0.2, -0.15) is 0 Å². The molecule has 0 spiro atoms. The first-order chi connectivity index (χ1) is 7.18. The molecule has 1 aromatic carbocycles. The zero-order valence-corrected chi connectivity index (χ0v) is 8.32. The quantitative estimate of drug-likeness (QED) is 0.784. The molecule has 0 radical (unpaired) electrons. The van der Waals surface area contributed by atoms with Gasteiger partial charge in [0.05, 0.1) is 5.56 Å². The number of aromatic carboxylic acids is 1. The van der Waals surface area contributed by atoms with Crippen LogP contribution in [0.5, 0.6) is 0 Å². The van der Waals surface area contributed by atoms with Gasteiger partial charge in [0.15, 0.2) is 0 Å². The second-order valence-electron chi connectivity index (χ2n) is 3.42. The Morgan fingerprint density at radius 2 is 1.87 bits per heavy atom. The number of carbonyl (C=O) groups is 1. The Labute approximate surface area is 87.4 Å². The predicted octanol–water partition coefficient (Wildman–Crippen LogP) is 2.69. The molecule has 2 N–H and O–H groups in total. The largest absolute Gasteiger partial charge is 0.478 e. The van der Waals surface area contributed by atoms with E-state index in [1.165, 1.54) is 0 Å². The van der Waals surface area contributed by atoms with E-state index in [2.05, 4.69) is 4.98 Å². The third-order valence-electron chi connectivity index (χ3n) is 2.38. The average Bonchev–Trinajstić information content (AvgIpc) is 2.65. The number of H-pyrrole nitrogens is 1. The molecule has 0 bridgehead atoms. The number of carboxylic acids is 1. The molecule has 3 heteroatoms. The van der Waals surface area contributed by atoms with Crippen molar-refractivity contribution in [3.05, 3.63) is 47.7 Å². The smallest absolute Gasteiger partial charge is 0.335 e. The molecule has 3 nitrogen and oxygen atoms in total. The fraction of sp³-hybridized carbons (Fsp3) is 0.0833. The molecule has 15 heavy (non-hydrogen) atoms. The van der Waals surface area contributed by atoms with E-state index in [4.69, 9.17) is 5.11 Å². The highest BCUT2D eigenvalue weighted by Gasteiger charge is 2.05. The van der Waals surface area contributed by atoms with Crippen molar-refractivity contribution in [2.24, 2.45) is 0 Å². The van der Waals surface area contributed by atoms with Gasteiger partial charge >= 0.3 is 5.97 Å². The summed E-state index contributed by atoms with van der Waals surface area (Å²) in [7, 11) is 0. The fourth-order valence-electron chi connectivity index (χ4n) is 1.54. The van der Waals surface area contributed by atoms with E-state index in [0.717, 1.165) is 16.8 Å². The lowest BCUT2D eigenvalue weighted by Crippen LogP contribution is -1.95. The maximum atomic E-state index is 10.7. The molecule has 2 rings (SSSR count). The van der Waals surface area contributed by atoms with E-state index < -0.39 is 5.97 Å². The van der Waals surface area contributed by atoms with Crippen LogP contribution in [0.4, 0.5) is 0 Å². The number of aryl methyl sites for hydroxylation is 1. The Kier molecular flexibility index (Phi) is 2.29. The Morgan fingerprint density at radius 3 is 2.33 bits per heavy atom. The molecule has 0 aliphatic heterocycles. The average molecular weight is 201 g/mol. The number of hydrogen-bond donors (Lipinski definition) is 2. The SMILES string of the molecule is Cc1cc[nH]c1-c1ccc(C(=O)O)cc1. The van der Waals surface area contributed by atoms with E-state index in [1.807, 2.05) is 31.3 Å². The minimum atomic E-state index is -0.898. The topological polar surface area (TPSA) is 53.1 Å². The summed E-state index contributed by atoms with van der Waals surface area (Å²) >= 11 is 0. The number of benzene rings is 1. The monoisotopic (exact) mass is 201 g/mol. The zero-order valence-electron chi connectivity index (χ0n) is 8.32. The molecule has 0 atom stereocenters. The fourth-order valence-corrected chi connectivity index (χ4v) is 1.54. The number of aromatic amines is 1. The molecular weight excluding hydrogens is 190 g/mol. The van der Waals surface area contributed by atoms with Gasteiger partial charge in [-0.25, -0.2) is 4.79 Å². The van der Waals surface area contributed by atoms with E-state index in [0.29, 0.717) is 5.56 Å². The third-order valence-corrected chi connectivity index (χ3v) is 2.38. The summed E-state index contributed by atoms with van der Waals surface area (Å²) in [4.78, 5) is 13.8. The van der Waals surface area contributed by atoms with Gasteiger partial charge in [-0.05, 0) is 36.2 Å². The van der Waals surface area contributed by atoms with Crippen LogP contribution in [0.1, 0.15) is 15.9 Å². The highest BCUT2D eigenvalue weighted by Crippen LogP contribution is 2.21. The summed E-state index contributed by atoms with van der Waals surface area (Å²) in [6.45, 7) is 2.01. The molecule has 2 aromatic rings. The van der Waals surface area contributed by atoms with Crippen molar-refractivity contribution in [2.75, 3.05) is 0 Å². The molecule has 76 valence electrons. The Morgan fingerprint density at radius 1 is 1.20 bits per heavy atom. The highest BCUT2D eigenvalue weighted by atomic mass is 16.4. The normalized spacial score (nSPS) is 10.2. The van der Waals surface area contributed by atoms with Crippen molar-refractivity contribution < 1.29 is 9.90 Å². The van der Waals surface area contributed by atoms with Gasteiger partial charge in [-0.15, -0.1) is 0 Å². The molecule has 0 aliphatic rings. The zero-order chi connectivity index (χ0) is 10.8. The number of rotatable bonds is 2. The van der Waals surface area contributed by atoms with Gasteiger partial charge in [0.2, 0.25) is 0 Å². The molecule has 0 fully saturated rings. The number of hydrogen-bond acceptors (Lipinski definition) is 1. The first-order valence-electron chi connectivity index (χ1n) is 4.66. The summed E-state index contributed by atoms with van der Waals surface area (Å²) in [5.41, 5.74) is 3.50. The van der Waals surface area contributed by atoms with Crippen LogP contribution in [0.15, 0.2) is 36.5 Å². The molecule has 1 heterocycles. The number of aromatic nitrogens is 1. The lowest BCUT2D eigenvalue weighted by atomic mass is 10.1. The summed E-state index contributed by atoms with van der Waals surface area (Å²) in [5.74, 6) is -0.898. The minimum Gasteiger partial charge on any atom is -0.478 e. The maximum absolute atomic E-state index is 10.7. The number of carboxylic acid groups (broad SMARTS) is 1. The summed E-state index contributed by atoms with van der Waals surface area (Å²) in [6, 6.07) is 8.82. The molecular formula is C12H11NO2. The van der Waals surface area contributed by atoms with Gasteiger partial charge in [-0.3, -0.25) is 0 Å². The number of nitrogens with one attached hydrogen (secondary N) is 1. The molecule has 0 aliphatic carbocycles. The van der Waals surface area contributed by atoms with Crippen molar-refractivity contribution in [1.29, 1.82) is 0 Å². The van der Waals surface area contributed by atoms with Crippen LogP contribution in [0, 0.1) is 6.92 Å². The molecule has 0 unspecified atom stereocenters. The summed E-state index contributed by atoms with van der Waals surface area (Å²) < 4.78 is 0. The second-order valence-corrected chi connectivity index (χ2v) is 3.42. The van der Waals surface area contributed by atoms with Crippen LogP contribution >= 0.6 is 0 Å². The lowest BCUT2D eigenvalue weighted by Gasteiger charge is -2.01. The van der Waals surface area contributed by atoms with Gasteiger partial charge < -0.3 is 10.1 Å². The van der Waals surface area contributed by atoms with Crippen molar-refractivity contribution in [2.45, 2.75) is 6.92 Å². The van der Waals surface area contributed by atoms with Crippen LogP contribution in [0.3, 0.4) is 0 Å². The lowest BCUT2D eigenvalue weighted by molar-refractivity contribution is 0.0697. The van der Waals surface area contributed by atoms with E-state index >= 15 is 0 Å². The minimum absolute atomic E-state index is 0.308. The Bertz CT molecular complexity index is 483. The van der Waals surface area contributed by atoms with Gasteiger partial charge in [0.25, 0.3) is 0 Å². The van der Waals surface area contributed by atoms with E-state index in [-0.39, 0.29) is 0 Å². The van der Waals surface area contributed by atoms with Crippen LogP contribution < -0.4 is 0 Å². The third kappa shape index (κ3) is 1.76. The van der Waals surface area contributed by atoms with Gasteiger partial charge in [0, 0.05) is 11.9 Å². The predicted molar refractivity (Wildman–Crippen MR) is 57.9 cm³/mol. The summed E-state index contributed by atoms with van der Waals surface area (Å²) in [6.07, 6.45) is 1.87. The molecule has 0 saturated carbocycles. The van der Waals surface area contributed by atoms with E-state index in [9.17, 15) is 4.79 Å². The van der Waals surface area contributed by atoms with Crippen LogP contribution in [-0.4, -0.2) is 16.1 Å². The first-order valence-corrected chi connectivity index (χ1v) is 4.66. The molecule has 0 amide bonds. The second kappa shape index (κ2) is 3.61. The standard InChI is InChI=1S/C12H11NO2/c1-8-6-7-13-11(8)9-2-4-10(5-3-9)12(14)15/h2-7,13H,1H3,(H,14,15). The first kappa shape index (κ1) is 9.52. The maximum Gasteiger partial charge on any atom is 0.335 e. The van der Waals surface area contributed by atoms with Crippen molar-refractivity contribution in [1.82, 2.24) is 4.98 Å². The van der Waals surface area contributed by atoms with Crippen LogP contribution in [-0.2, 0) is 0 Å². The van der Waals surface area contributed by atoms with E-state index in [1.54, 1.807) is 12.1 Å². The van der Waals surface area contributed by atoms with Crippen LogP contribution in [0.2, 0.25) is 0 Å². The Hall–Kier alpha value is -2.03. The van der Waals surface area contributed by atoms with Crippen molar-refractivity contribution in [3.63, 3.8) is 0 Å². The van der Waals surface area contributed by atoms with Crippen LogP contribution in [0.25, 0.3) is 11.3 Å². The molecule has 1 aromatic heterocycles. The molecule has 0 saturated heterocycles.